The van der Waals surface area contributed by atoms with Crippen molar-refractivity contribution in [1.82, 2.24) is 47.9 Å². The molecule has 66 heavy (non-hydrogen) atoms. The summed E-state index contributed by atoms with van der Waals surface area (Å²) in [6.45, 7) is 16.2. The van der Waals surface area contributed by atoms with Gasteiger partial charge in [0.15, 0.2) is 0 Å². The van der Waals surface area contributed by atoms with Gasteiger partial charge in [0.25, 0.3) is 0 Å². The highest BCUT2D eigenvalue weighted by molar-refractivity contribution is 5.97. The summed E-state index contributed by atoms with van der Waals surface area (Å²) >= 11 is 0. The van der Waals surface area contributed by atoms with Crippen LogP contribution in [0.25, 0.3) is 0 Å². The molecule has 0 fully saturated rings. The average Bonchev–Trinajstić information content (AvgIpc) is 3.23. The molecule has 0 spiro atoms. The van der Waals surface area contributed by atoms with Crippen LogP contribution in [0.1, 0.15) is 108 Å². The van der Waals surface area contributed by atoms with Gasteiger partial charge < -0.3 is 68.9 Å². The Hall–Kier alpha value is -5.91. The highest BCUT2D eigenvalue weighted by Crippen LogP contribution is 2.13. The Morgan fingerprint density at radius 1 is 0.500 bits per heavy atom. The first kappa shape index (κ1) is 60.1. The molecule has 0 saturated heterocycles. The van der Waals surface area contributed by atoms with Gasteiger partial charge in [0.05, 0.1) is 25.2 Å². The van der Waals surface area contributed by atoms with Crippen LogP contribution in [0.5, 0.6) is 0 Å². The SMILES string of the molecule is CC[C@H](C)[C@H](NC(=O)CNC(=O)[C@H](C)NC(=O)[C@H](C)NC(=O)[C@@H](N)CCC(=O)O)C(=O)NCC(=O)N[C@H](C(=O)N[C@@H](CC(C)C)C(=O)N[C@H](C(=O)N[C@H](C(=O)O)C(C)C)[C@@H](C)O)[C@@H](C)CC. The van der Waals surface area contributed by atoms with E-state index in [1.165, 1.54) is 20.8 Å². The van der Waals surface area contributed by atoms with E-state index in [9.17, 15) is 63.0 Å². The highest BCUT2D eigenvalue weighted by Gasteiger charge is 2.36. The fourth-order valence-electron chi connectivity index (χ4n) is 6.03. The average molecular weight is 943 g/mol. The molecule has 0 radical (unpaired) electrons. The lowest BCUT2D eigenvalue weighted by Gasteiger charge is -2.29. The second kappa shape index (κ2) is 29.6. The van der Waals surface area contributed by atoms with Gasteiger partial charge in [0.2, 0.25) is 53.2 Å². The summed E-state index contributed by atoms with van der Waals surface area (Å²) in [7, 11) is 0. The lowest BCUT2D eigenvalue weighted by molar-refractivity contribution is -0.144. The predicted octanol–water partition coefficient (Wildman–Crippen LogP) is -2.90. The number of rotatable bonds is 30. The normalized spacial score (nSPS) is 16.2. The molecule has 0 aliphatic rings. The lowest BCUT2D eigenvalue weighted by Crippen LogP contribution is -2.61. The topological polar surface area (TPSA) is 383 Å². The summed E-state index contributed by atoms with van der Waals surface area (Å²) in [6.07, 6.45) is -1.09. The molecule has 0 rings (SSSR count). The third kappa shape index (κ3) is 21.8. The first-order valence-corrected chi connectivity index (χ1v) is 22.1. The van der Waals surface area contributed by atoms with Crippen molar-refractivity contribution in [3.8, 4) is 0 Å². The van der Waals surface area contributed by atoms with Crippen LogP contribution in [0.3, 0.4) is 0 Å². The molecule has 0 unspecified atom stereocenters. The molecule has 0 bridgehead atoms. The van der Waals surface area contributed by atoms with E-state index in [4.69, 9.17) is 10.8 Å². The Labute approximate surface area is 385 Å². The molecule has 0 aromatic rings. The van der Waals surface area contributed by atoms with E-state index in [2.05, 4.69) is 47.9 Å². The smallest absolute Gasteiger partial charge is 0.326 e. The lowest BCUT2D eigenvalue weighted by atomic mass is 9.96. The van der Waals surface area contributed by atoms with Crippen molar-refractivity contribution in [2.45, 2.75) is 163 Å². The Morgan fingerprint density at radius 2 is 0.939 bits per heavy atom. The molecule has 0 aromatic carbocycles. The van der Waals surface area contributed by atoms with Crippen LogP contribution in [0.15, 0.2) is 0 Å². The number of carbonyl (C=O) groups is 11. The number of nitrogens with two attached hydrogens (primary N) is 1. The maximum absolute atomic E-state index is 13.7. The van der Waals surface area contributed by atoms with Crippen LogP contribution in [-0.2, 0) is 52.7 Å². The van der Waals surface area contributed by atoms with Crippen LogP contribution in [-0.4, -0.2) is 148 Å². The highest BCUT2D eigenvalue weighted by atomic mass is 16.4. The van der Waals surface area contributed by atoms with E-state index in [1.54, 1.807) is 55.4 Å². The zero-order chi connectivity index (χ0) is 51.2. The van der Waals surface area contributed by atoms with Crippen molar-refractivity contribution in [2.24, 2.45) is 29.4 Å². The Balaban J connectivity index is 5.65. The summed E-state index contributed by atoms with van der Waals surface area (Å²) in [5.41, 5.74) is 5.66. The molecule has 376 valence electrons. The Bertz CT molecular complexity index is 1710. The van der Waals surface area contributed by atoms with Gasteiger partial charge in [-0.15, -0.1) is 0 Å². The standard InChI is InChI=1S/C42H74N10O14/c1-12-21(7)32(49-28(54)17-44-35(58)23(9)46-36(59)24(10)47-37(60)26(43)14-15-30(56)57)39(62)45-18-29(55)50-33(22(8)13-2)40(63)48-27(16-19(3)4)38(61)52-34(25(11)53)41(64)51-31(20(5)6)42(65)66/h19-27,31-34,53H,12-18,43H2,1-11H3,(H,44,58)(H,45,62)(H,46,59)(H,47,60)(H,48,63)(H,49,54)(H,50,55)(H,51,64)(H,52,61)(H,56,57)(H,65,66)/t21-,22-,23-,24-,25+,26-,27-,31-,32-,33-,34-/m0/s1. The predicted molar refractivity (Wildman–Crippen MR) is 238 cm³/mol. The van der Waals surface area contributed by atoms with Gasteiger partial charge in [-0.05, 0) is 57.3 Å². The van der Waals surface area contributed by atoms with E-state index >= 15 is 0 Å². The van der Waals surface area contributed by atoms with E-state index in [0.717, 1.165) is 0 Å². The molecular formula is C42H74N10O14. The van der Waals surface area contributed by atoms with Gasteiger partial charge in [0.1, 0.15) is 42.3 Å². The van der Waals surface area contributed by atoms with Gasteiger partial charge >= 0.3 is 11.9 Å². The second-order valence-electron chi connectivity index (χ2n) is 17.3. The quantitative estimate of drug-likeness (QED) is 0.0344. The monoisotopic (exact) mass is 943 g/mol. The molecule has 0 aromatic heterocycles. The van der Waals surface area contributed by atoms with Gasteiger partial charge in [-0.25, -0.2) is 4.79 Å². The number of carboxylic acids is 2. The summed E-state index contributed by atoms with van der Waals surface area (Å²) in [4.78, 5) is 140. The summed E-state index contributed by atoms with van der Waals surface area (Å²) in [6, 6.07) is -10.0. The molecule has 14 N–H and O–H groups in total. The fraction of sp³-hybridized carbons (Fsp3) is 0.738. The van der Waals surface area contributed by atoms with Crippen LogP contribution in [0.4, 0.5) is 0 Å². The number of hydrogen-bond donors (Lipinski definition) is 13. The number of aliphatic hydroxyl groups excluding tert-OH is 1. The third-order valence-electron chi connectivity index (χ3n) is 10.6. The van der Waals surface area contributed by atoms with Crippen LogP contribution >= 0.6 is 0 Å². The van der Waals surface area contributed by atoms with Crippen molar-refractivity contribution >= 4 is 65.1 Å². The summed E-state index contributed by atoms with van der Waals surface area (Å²) < 4.78 is 0. The van der Waals surface area contributed by atoms with E-state index < -0.39 is 150 Å². The van der Waals surface area contributed by atoms with E-state index in [-0.39, 0.29) is 25.2 Å². The van der Waals surface area contributed by atoms with Crippen molar-refractivity contribution in [2.75, 3.05) is 13.1 Å². The number of carboxylic acid groups (broad SMARTS) is 2. The number of hydrogen-bond acceptors (Lipinski definition) is 13. The second-order valence-corrected chi connectivity index (χ2v) is 17.3. The maximum Gasteiger partial charge on any atom is 0.326 e. The van der Waals surface area contributed by atoms with Crippen molar-refractivity contribution in [1.29, 1.82) is 0 Å². The number of aliphatic carboxylic acids is 2. The van der Waals surface area contributed by atoms with Gasteiger partial charge in [-0.1, -0.05) is 68.2 Å². The molecule has 9 amide bonds. The molecule has 0 aliphatic carbocycles. The minimum Gasteiger partial charge on any atom is -0.481 e. The van der Waals surface area contributed by atoms with Crippen LogP contribution in [0, 0.1) is 23.7 Å². The molecule has 24 heteroatoms. The van der Waals surface area contributed by atoms with Crippen LogP contribution < -0.4 is 53.6 Å². The molecule has 11 atom stereocenters. The minimum atomic E-state index is -1.58. The Kier molecular flexibility index (Phi) is 26.9. The largest absolute Gasteiger partial charge is 0.481 e. The van der Waals surface area contributed by atoms with Crippen molar-refractivity contribution < 1.29 is 68.1 Å². The zero-order valence-corrected chi connectivity index (χ0v) is 39.9. The maximum atomic E-state index is 13.7. The van der Waals surface area contributed by atoms with Crippen molar-refractivity contribution in [3.63, 3.8) is 0 Å². The number of amides is 9. The molecule has 24 nitrogen and oxygen atoms in total. The molecular weight excluding hydrogens is 869 g/mol. The van der Waals surface area contributed by atoms with E-state index in [1.807, 2.05) is 0 Å². The van der Waals surface area contributed by atoms with Gasteiger partial charge in [0, 0.05) is 6.42 Å². The van der Waals surface area contributed by atoms with Gasteiger partial charge in [-0.3, -0.25) is 47.9 Å². The summed E-state index contributed by atoms with van der Waals surface area (Å²) in [5, 5.41) is 50.6. The zero-order valence-electron chi connectivity index (χ0n) is 39.9. The third-order valence-corrected chi connectivity index (χ3v) is 10.6. The molecule has 0 aliphatic heterocycles. The van der Waals surface area contributed by atoms with Gasteiger partial charge in [-0.2, -0.15) is 0 Å². The molecule has 0 heterocycles. The van der Waals surface area contributed by atoms with E-state index in [0.29, 0.717) is 12.8 Å². The fourth-order valence-corrected chi connectivity index (χ4v) is 6.03. The number of nitrogens with one attached hydrogen (secondary N) is 9. The van der Waals surface area contributed by atoms with Crippen molar-refractivity contribution in [3.05, 3.63) is 0 Å². The summed E-state index contributed by atoms with van der Waals surface area (Å²) in [5.74, 6) is -11.3. The Morgan fingerprint density at radius 3 is 1.38 bits per heavy atom. The first-order chi connectivity index (χ1) is 30.6. The first-order valence-electron chi connectivity index (χ1n) is 22.1. The number of aliphatic hydroxyl groups is 1. The molecule has 0 saturated carbocycles. The van der Waals surface area contributed by atoms with Crippen LogP contribution in [0.2, 0.25) is 0 Å². The minimum absolute atomic E-state index is 0.0741. The number of carbonyl (C=O) groups excluding carboxylic acids is 9.